The van der Waals surface area contributed by atoms with Crippen molar-refractivity contribution in [2.24, 2.45) is 0 Å². The first-order chi connectivity index (χ1) is 18.9. The fourth-order valence-corrected chi connectivity index (χ4v) is 6.21. The van der Waals surface area contributed by atoms with Gasteiger partial charge in [0.25, 0.3) is 5.56 Å². The predicted octanol–water partition coefficient (Wildman–Crippen LogP) is 3.84. The van der Waals surface area contributed by atoms with Gasteiger partial charge in [-0.05, 0) is 91.4 Å². The summed E-state index contributed by atoms with van der Waals surface area (Å²) in [6.45, 7) is 13.2. The Morgan fingerprint density at radius 2 is 1.87 bits per heavy atom. The second-order valence-electron chi connectivity index (χ2n) is 11.1. The lowest BCUT2D eigenvalue weighted by Crippen LogP contribution is -2.49. The number of aromatic nitrogens is 5. The molecule has 39 heavy (non-hydrogen) atoms. The SMILES string of the molecule is Cc1cc(C)c2cc([C@H](c3nnnn3C[C@@H]3CCCO3)N3CCN(c4cccc(C)c4C)CC3)c(=O)[nH]c2c1. The van der Waals surface area contributed by atoms with E-state index in [1.54, 1.807) is 0 Å². The molecule has 2 fully saturated rings. The molecule has 0 radical (unpaired) electrons. The number of rotatable bonds is 6. The number of benzene rings is 2. The molecule has 1 N–H and O–H groups in total. The van der Waals surface area contributed by atoms with E-state index in [0.717, 1.165) is 67.7 Å². The quantitative estimate of drug-likeness (QED) is 0.407. The van der Waals surface area contributed by atoms with Crippen molar-refractivity contribution >= 4 is 16.6 Å². The molecule has 2 aliphatic rings. The highest BCUT2D eigenvalue weighted by Gasteiger charge is 2.34. The molecule has 0 unspecified atom stereocenters. The normalized spacial score (nSPS) is 19.2. The van der Waals surface area contributed by atoms with E-state index in [1.165, 1.54) is 16.8 Å². The van der Waals surface area contributed by atoms with E-state index in [1.807, 2.05) is 10.7 Å². The van der Waals surface area contributed by atoms with E-state index < -0.39 is 0 Å². The smallest absolute Gasteiger partial charge is 0.253 e. The van der Waals surface area contributed by atoms with E-state index in [9.17, 15) is 4.79 Å². The van der Waals surface area contributed by atoms with Crippen molar-refractivity contribution in [1.29, 1.82) is 0 Å². The number of tetrazole rings is 1. The summed E-state index contributed by atoms with van der Waals surface area (Å²) in [6, 6.07) is 12.4. The first kappa shape index (κ1) is 25.7. The van der Waals surface area contributed by atoms with Gasteiger partial charge in [0.05, 0.1) is 12.6 Å². The summed E-state index contributed by atoms with van der Waals surface area (Å²) >= 11 is 0. The van der Waals surface area contributed by atoms with E-state index in [4.69, 9.17) is 4.74 Å². The monoisotopic (exact) mass is 527 g/mol. The van der Waals surface area contributed by atoms with Crippen LogP contribution in [0.25, 0.3) is 10.9 Å². The molecular weight excluding hydrogens is 490 g/mol. The van der Waals surface area contributed by atoms with Crippen molar-refractivity contribution in [2.75, 3.05) is 37.7 Å². The molecule has 2 saturated heterocycles. The summed E-state index contributed by atoms with van der Waals surface area (Å²) in [5.41, 5.74) is 7.61. The van der Waals surface area contributed by atoms with Gasteiger partial charge in [0, 0.05) is 54.9 Å². The zero-order valence-electron chi connectivity index (χ0n) is 23.3. The fourth-order valence-electron chi connectivity index (χ4n) is 6.21. The maximum Gasteiger partial charge on any atom is 0.253 e. The first-order valence-corrected chi connectivity index (χ1v) is 14.0. The minimum absolute atomic E-state index is 0.0918. The summed E-state index contributed by atoms with van der Waals surface area (Å²) in [5.74, 6) is 0.695. The largest absolute Gasteiger partial charge is 0.376 e. The third-order valence-corrected chi connectivity index (χ3v) is 8.44. The number of H-pyrrole nitrogens is 1. The van der Waals surface area contributed by atoms with Crippen molar-refractivity contribution in [3.05, 3.63) is 80.4 Å². The van der Waals surface area contributed by atoms with Gasteiger partial charge in [-0.2, -0.15) is 0 Å². The predicted molar refractivity (Wildman–Crippen MR) is 152 cm³/mol. The Bertz CT molecular complexity index is 1540. The molecule has 204 valence electrons. The molecule has 2 aliphatic heterocycles. The number of nitrogens with one attached hydrogen (secondary N) is 1. The van der Waals surface area contributed by atoms with Crippen LogP contribution in [0.1, 0.15) is 52.5 Å². The number of aryl methyl sites for hydroxylation is 3. The highest BCUT2D eigenvalue weighted by molar-refractivity contribution is 5.83. The lowest BCUT2D eigenvalue weighted by atomic mass is 9.99. The average Bonchev–Trinajstić information content (AvgIpc) is 3.60. The van der Waals surface area contributed by atoms with Crippen molar-refractivity contribution in [2.45, 2.75) is 59.2 Å². The molecule has 2 atom stereocenters. The molecule has 0 bridgehead atoms. The molecule has 0 amide bonds. The van der Waals surface area contributed by atoms with Crippen molar-refractivity contribution in [3.63, 3.8) is 0 Å². The van der Waals surface area contributed by atoms with E-state index in [-0.39, 0.29) is 17.7 Å². The van der Waals surface area contributed by atoms with Gasteiger partial charge in [-0.15, -0.1) is 5.10 Å². The van der Waals surface area contributed by atoms with Gasteiger partial charge in [0.15, 0.2) is 5.82 Å². The van der Waals surface area contributed by atoms with Gasteiger partial charge in [-0.1, -0.05) is 18.2 Å². The maximum absolute atomic E-state index is 13.7. The van der Waals surface area contributed by atoms with Gasteiger partial charge >= 0.3 is 0 Å². The standard InChI is InChI=1S/C30H37N7O2/c1-19-15-21(3)24-17-25(30(38)31-26(24)16-19)28(29-32-33-34-37(29)18-23-8-6-14-39-23)36-12-10-35(11-13-36)27-9-5-7-20(2)22(27)4/h5,7,9,15-17,23,28H,6,8,10-14,18H2,1-4H3,(H,31,38)/t23-,28+/m0/s1. The van der Waals surface area contributed by atoms with E-state index >= 15 is 0 Å². The van der Waals surface area contributed by atoms with Crippen LogP contribution in [0.4, 0.5) is 5.69 Å². The molecule has 9 heteroatoms. The van der Waals surface area contributed by atoms with Gasteiger partial charge in [-0.25, -0.2) is 4.68 Å². The topological polar surface area (TPSA) is 92.2 Å². The van der Waals surface area contributed by atoms with Crippen molar-refractivity contribution < 1.29 is 4.74 Å². The molecule has 0 spiro atoms. The number of hydrogen-bond acceptors (Lipinski definition) is 7. The fraction of sp³-hybridized carbons (Fsp3) is 0.467. The van der Waals surface area contributed by atoms with E-state index in [2.05, 4.69) is 88.3 Å². The van der Waals surface area contributed by atoms with Gasteiger partial charge in [0.1, 0.15) is 6.04 Å². The third-order valence-electron chi connectivity index (χ3n) is 8.44. The van der Waals surface area contributed by atoms with Gasteiger partial charge in [-0.3, -0.25) is 9.69 Å². The Kier molecular flexibility index (Phi) is 6.95. The molecule has 2 aromatic carbocycles. The van der Waals surface area contributed by atoms with Crippen molar-refractivity contribution in [3.8, 4) is 0 Å². The molecule has 0 saturated carbocycles. The Labute approximate surface area is 228 Å². The first-order valence-electron chi connectivity index (χ1n) is 14.0. The second-order valence-corrected chi connectivity index (χ2v) is 11.1. The number of piperazine rings is 1. The summed E-state index contributed by atoms with van der Waals surface area (Å²) < 4.78 is 7.75. The Hall–Kier alpha value is -3.56. The van der Waals surface area contributed by atoms with E-state index in [0.29, 0.717) is 17.9 Å². The van der Waals surface area contributed by atoms with Crippen molar-refractivity contribution in [1.82, 2.24) is 30.1 Å². The number of hydrogen-bond donors (Lipinski definition) is 1. The average molecular weight is 528 g/mol. The second kappa shape index (κ2) is 10.5. The summed E-state index contributed by atoms with van der Waals surface area (Å²) in [6.07, 6.45) is 2.14. The zero-order chi connectivity index (χ0) is 27.1. The molecule has 6 rings (SSSR count). The maximum atomic E-state index is 13.7. The van der Waals surface area contributed by atoms with Crippen LogP contribution in [0.3, 0.4) is 0 Å². The molecular formula is C30H37N7O2. The third kappa shape index (κ3) is 4.96. The summed E-state index contributed by atoms with van der Waals surface area (Å²) in [4.78, 5) is 21.6. The minimum atomic E-state index is -0.365. The highest BCUT2D eigenvalue weighted by Crippen LogP contribution is 2.31. The number of ether oxygens (including phenoxy) is 1. The Morgan fingerprint density at radius 3 is 2.64 bits per heavy atom. The Morgan fingerprint density at radius 1 is 1.05 bits per heavy atom. The molecule has 2 aromatic heterocycles. The summed E-state index contributed by atoms with van der Waals surface area (Å²) in [7, 11) is 0. The van der Waals surface area contributed by atoms with Crippen LogP contribution >= 0.6 is 0 Å². The molecule has 4 aromatic rings. The van der Waals surface area contributed by atoms with Crippen LogP contribution in [-0.4, -0.2) is 69.0 Å². The lowest BCUT2D eigenvalue weighted by Gasteiger charge is -2.40. The number of anilines is 1. The summed E-state index contributed by atoms with van der Waals surface area (Å²) in [5, 5.41) is 14.0. The minimum Gasteiger partial charge on any atom is -0.376 e. The van der Waals surface area contributed by atoms with Crippen LogP contribution in [0.15, 0.2) is 41.2 Å². The van der Waals surface area contributed by atoms with Crippen LogP contribution in [-0.2, 0) is 11.3 Å². The molecule has 4 heterocycles. The lowest BCUT2D eigenvalue weighted by molar-refractivity contribution is 0.0906. The number of aromatic amines is 1. The number of nitrogens with zero attached hydrogens (tertiary/aromatic N) is 6. The Balaban J connectivity index is 1.38. The van der Waals surface area contributed by atoms with Crippen LogP contribution in [0.5, 0.6) is 0 Å². The van der Waals surface area contributed by atoms with Crippen LogP contribution < -0.4 is 10.5 Å². The highest BCUT2D eigenvalue weighted by atomic mass is 16.5. The number of fused-ring (bicyclic) bond motifs is 1. The number of pyridine rings is 1. The van der Waals surface area contributed by atoms with Crippen LogP contribution in [0.2, 0.25) is 0 Å². The van der Waals surface area contributed by atoms with Crippen LogP contribution in [0, 0.1) is 27.7 Å². The molecule has 9 nitrogen and oxygen atoms in total. The molecule has 0 aliphatic carbocycles. The zero-order valence-corrected chi connectivity index (χ0v) is 23.3. The van der Waals surface area contributed by atoms with Gasteiger partial charge in [0.2, 0.25) is 0 Å². The van der Waals surface area contributed by atoms with Gasteiger partial charge < -0.3 is 14.6 Å².